The molecule has 0 saturated carbocycles. The number of allylic oxidation sites excluding steroid dienone is 1. The predicted octanol–water partition coefficient (Wildman–Crippen LogP) is 4.65. The topological polar surface area (TPSA) is 17.1 Å². The fourth-order valence-electron chi connectivity index (χ4n) is 1.85. The van der Waals surface area contributed by atoms with E-state index in [1.807, 2.05) is 36.4 Å². The van der Waals surface area contributed by atoms with Crippen molar-refractivity contribution in [3.8, 4) is 0 Å². The Morgan fingerprint density at radius 1 is 1.11 bits per heavy atom. The first-order chi connectivity index (χ1) is 8.81. The van der Waals surface area contributed by atoms with E-state index in [-0.39, 0.29) is 0 Å². The monoisotopic (exact) mass is 258 g/mol. The van der Waals surface area contributed by atoms with Crippen molar-refractivity contribution < 1.29 is 4.21 Å². The van der Waals surface area contributed by atoms with E-state index in [2.05, 4.69) is 19.1 Å². The molecule has 94 valence electrons. The molecule has 1 nitrogen and oxygen atoms in total. The molecule has 0 fully saturated rings. The van der Waals surface area contributed by atoms with Crippen molar-refractivity contribution in [2.45, 2.75) is 31.1 Å². The van der Waals surface area contributed by atoms with Crippen molar-refractivity contribution in [2.24, 2.45) is 0 Å². The zero-order valence-corrected chi connectivity index (χ0v) is 11.5. The highest BCUT2D eigenvalue weighted by molar-refractivity contribution is 7.88. The first-order valence-electron chi connectivity index (χ1n) is 6.37. The van der Waals surface area contributed by atoms with Crippen molar-refractivity contribution in [1.82, 2.24) is 0 Å². The van der Waals surface area contributed by atoms with E-state index in [4.69, 9.17) is 0 Å². The fraction of sp³-hybridized carbons (Fsp3) is 0.250. The van der Waals surface area contributed by atoms with Crippen LogP contribution in [0, 0.1) is 0 Å². The third-order valence-electron chi connectivity index (χ3n) is 2.90. The van der Waals surface area contributed by atoms with Gasteiger partial charge in [-0.15, -0.1) is 0 Å². The van der Waals surface area contributed by atoms with Gasteiger partial charge in [0.25, 0.3) is 0 Å². The Balaban J connectivity index is 2.15. The van der Waals surface area contributed by atoms with Gasteiger partial charge in [0.1, 0.15) is 0 Å². The van der Waals surface area contributed by atoms with Gasteiger partial charge in [-0.1, -0.05) is 56.2 Å². The zero-order chi connectivity index (χ0) is 12.8. The summed E-state index contributed by atoms with van der Waals surface area (Å²) in [6, 6.07) is 14.1. The molecule has 0 heterocycles. The van der Waals surface area contributed by atoms with Crippen LogP contribution in [-0.2, 0) is 10.8 Å². The van der Waals surface area contributed by atoms with Crippen molar-refractivity contribution in [1.29, 1.82) is 0 Å². The molecule has 18 heavy (non-hydrogen) atoms. The van der Waals surface area contributed by atoms with Gasteiger partial charge in [0.2, 0.25) is 0 Å². The highest BCUT2D eigenvalue weighted by atomic mass is 32.2. The van der Waals surface area contributed by atoms with Gasteiger partial charge in [0.05, 0.1) is 10.8 Å². The third kappa shape index (κ3) is 3.30. The van der Waals surface area contributed by atoms with Crippen LogP contribution in [-0.4, -0.2) is 4.21 Å². The summed E-state index contributed by atoms with van der Waals surface area (Å²) in [4.78, 5) is 0.876. The van der Waals surface area contributed by atoms with Crippen LogP contribution in [0.4, 0.5) is 0 Å². The van der Waals surface area contributed by atoms with Crippen LogP contribution < -0.4 is 0 Å². The molecule has 0 bridgehead atoms. The van der Waals surface area contributed by atoms with Gasteiger partial charge in [-0.25, -0.2) is 4.21 Å². The molecular formula is C16H18OS. The summed E-state index contributed by atoms with van der Waals surface area (Å²) in [5.74, 6) is 0. The Bertz CT molecular complexity index is 572. The Morgan fingerprint density at radius 3 is 2.67 bits per heavy atom. The average molecular weight is 258 g/mol. The van der Waals surface area contributed by atoms with Crippen LogP contribution in [0.5, 0.6) is 0 Å². The fourth-order valence-corrected chi connectivity index (χ4v) is 2.76. The van der Waals surface area contributed by atoms with Gasteiger partial charge in [-0.2, -0.15) is 0 Å². The van der Waals surface area contributed by atoms with Gasteiger partial charge >= 0.3 is 0 Å². The van der Waals surface area contributed by atoms with Crippen molar-refractivity contribution in [2.75, 3.05) is 0 Å². The van der Waals surface area contributed by atoms with E-state index in [0.29, 0.717) is 0 Å². The van der Waals surface area contributed by atoms with E-state index >= 15 is 0 Å². The summed E-state index contributed by atoms with van der Waals surface area (Å²) < 4.78 is 12.1. The van der Waals surface area contributed by atoms with Gasteiger partial charge in [0.15, 0.2) is 0 Å². The van der Waals surface area contributed by atoms with Crippen LogP contribution in [0.1, 0.15) is 26.2 Å². The molecule has 0 spiro atoms. The predicted molar refractivity (Wildman–Crippen MR) is 79.0 cm³/mol. The highest BCUT2D eigenvalue weighted by Crippen LogP contribution is 2.18. The maximum absolute atomic E-state index is 12.1. The zero-order valence-electron chi connectivity index (χ0n) is 10.6. The van der Waals surface area contributed by atoms with Crippen LogP contribution in [0.3, 0.4) is 0 Å². The van der Waals surface area contributed by atoms with Crippen molar-refractivity contribution in [3.63, 3.8) is 0 Å². The van der Waals surface area contributed by atoms with E-state index in [1.54, 1.807) is 5.41 Å². The number of unbranched alkanes of at least 4 members (excludes halogenated alkanes) is 2. The number of hydrogen-bond acceptors (Lipinski definition) is 1. The third-order valence-corrected chi connectivity index (χ3v) is 4.06. The van der Waals surface area contributed by atoms with E-state index in [1.165, 1.54) is 11.8 Å². The number of fused-ring (bicyclic) bond motifs is 1. The standard InChI is InChI=1S/C16H18OS/c1-2-3-4-7-12-18(17)16-11-10-14-8-5-6-9-15(14)13-16/h5-13H,2-4H2,1H3/b12-7-. The second kappa shape index (κ2) is 6.50. The smallest absolute Gasteiger partial charge is 0.0772 e. The minimum atomic E-state index is -1.02. The summed E-state index contributed by atoms with van der Waals surface area (Å²) >= 11 is 0. The van der Waals surface area contributed by atoms with Crippen LogP contribution in [0.2, 0.25) is 0 Å². The molecule has 0 radical (unpaired) electrons. The van der Waals surface area contributed by atoms with Crippen molar-refractivity contribution in [3.05, 3.63) is 53.9 Å². The van der Waals surface area contributed by atoms with Crippen LogP contribution in [0.25, 0.3) is 10.8 Å². The van der Waals surface area contributed by atoms with Gasteiger partial charge in [-0.05, 0) is 29.3 Å². The van der Waals surface area contributed by atoms with Crippen molar-refractivity contribution >= 4 is 21.6 Å². The lowest BCUT2D eigenvalue weighted by molar-refractivity contribution is 0.688. The second-order valence-corrected chi connectivity index (χ2v) is 5.66. The molecule has 2 aromatic carbocycles. The molecule has 0 aliphatic rings. The normalized spacial score (nSPS) is 13.2. The lowest BCUT2D eigenvalue weighted by Crippen LogP contribution is -1.86. The number of hydrogen-bond donors (Lipinski definition) is 0. The SMILES string of the molecule is CCCC/C=C\S(=O)c1ccc2ccccc2c1. The molecular weight excluding hydrogens is 240 g/mol. The molecule has 0 N–H and O–H groups in total. The summed E-state index contributed by atoms with van der Waals surface area (Å²) in [5.41, 5.74) is 0. The highest BCUT2D eigenvalue weighted by Gasteiger charge is 2.00. The molecule has 2 heteroatoms. The molecule has 2 rings (SSSR count). The summed E-state index contributed by atoms with van der Waals surface area (Å²) in [6.07, 6.45) is 5.36. The van der Waals surface area contributed by atoms with Gasteiger partial charge < -0.3 is 0 Å². The quantitative estimate of drug-likeness (QED) is 0.713. The maximum atomic E-state index is 12.1. The molecule has 2 aromatic rings. The second-order valence-electron chi connectivity index (χ2n) is 4.32. The molecule has 0 aliphatic heterocycles. The average Bonchev–Trinajstić information content (AvgIpc) is 2.43. The molecule has 0 aromatic heterocycles. The van der Waals surface area contributed by atoms with E-state index in [9.17, 15) is 4.21 Å². The Kier molecular flexibility index (Phi) is 4.71. The molecule has 1 atom stereocenters. The lowest BCUT2D eigenvalue weighted by atomic mass is 10.1. The number of benzene rings is 2. The van der Waals surface area contributed by atoms with E-state index < -0.39 is 10.8 Å². The first-order valence-corrected chi connectivity index (χ1v) is 7.58. The van der Waals surface area contributed by atoms with Crippen LogP contribution >= 0.6 is 0 Å². The number of rotatable bonds is 5. The Labute approximate surface area is 111 Å². The summed E-state index contributed by atoms with van der Waals surface area (Å²) in [6.45, 7) is 2.16. The van der Waals surface area contributed by atoms with Crippen LogP contribution in [0.15, 0.2) is 58.8 Å². The first kappa shape index (κ1) is 13.0. The maximum Gasteiger partial charge on any atom is 0.0772 e. The Hall–Kier alpha value is -1.41. The lowest BCUT2D eigenvalue weighted by Gasteiger charge is -2.00. The van der Waals surface area contributed by atoms with Gasteiger partial charge in [-0.3, -0.25) is 0 Å². The minimum absolute atomic E-state index is 0.876. The Morgan fingerprint density at radius 2 is 1.89 bits per heavy atom. The molecule has 1 unspecified atom stereocenters. The minimum Gasteiger partial charge on any atom is -0.250 e. The van der Waals surface area contributed by atoms with E-state index in [0.717, 1.165) is 23.1 Å². The largest absolute Gasteiger partial charge is 0.250 e. The summed E-state index contributed by atoms with van der Waals surface area (Å²) in [5, 5.41) is 4.14. The molecule has 0 aliphatic carbocycles. The molecule has 0 amide bonds. The summed E-state index contributed by atoms with van der Waals surface area (Å²) in [7, 11) is -1.02. The molecule has 0 saturated heterocycles. The van der Waals surface area contributed by atoms with Gasteiger partial charge in [0, 0.05) is 10.3 Å².